The number of carbonyl (C=O) groups is 2. The first-order valence-corrected chi connectivity index (χ1v) is 13.6. The Morgan fingerprint density at radius 3 is 2.06 bits per heavy atom. The lowest BCUT2D eigenvalue weighted by molar-refractivity contribution is 0.0610. The van der Waals surface area contributed by atoms with Crippen molar-refractivity contribution in [2.75, 3.05) is 10.6 Å². The van der Waals surface area contributed by atoms with Crippen molar-refractivity contribution in [3.63, 3.8) is 0 Å². The van der Waals surface area contributed by atoms with Crippen LogP contribution in [0.5, 0.6) is 0 Å². The third-order valence-corrected chi connectivity index (χ3v) is 7.36. The van der Waals surface area contributed by atoms with Gasteiger partial charge in [-0.3, -0.25) is 14.2 Å². The van der Waals surface area contributed by atoms with Crippen molar-refractivity contribution < 1.29 is 22.7 Å². The Balaban J connectivity index is 2.10. The smallest absolute Gasteiger partial charge is 0.429 e. The second-order valence-electron chi connectivity index (χ2n) is 9.05. The zero-order chi connectivity index (χ0) is 26.3. The summed E-state index contributed by atoms with van der Waals surface area (Å²) in [6.07, 6.45) is -0.283. The van der Waals surface area contributed by atoms with E-state index in [-0.39, 0.29) is 16.1 Å². The molecule has 0 atom stereocenters. The van der Waals surface area contributed by atoms with E-state index in [9.17, 15) is 22.8 Å². The van der Waals surface area contributed by atoms with Gasteiger partial charge < -0.3 is 4.74 Å². The summed E-state index contributed by atoms with van der Waals surface area (Å²) in [5, 5.41) is 0.190. The van der Waals surface area contributed by atoms with Crippen molar-refractivity contribution in [2.45, 2.75) is 26.4 Å². The highest BCUT2D eigenvalue weighted by molar-refractivity contribution is 7.93. The molecule has 10 heteroatoms. The number of rotatable bonds is 5. The van der Waals surface area contributed by atoms with Crippen LogP contribution in [0.4, 0.5) is 9.80 Å². The Morgan fingerprint density at radius 1 is 0.917 bits per heavy atom. The van der Waals surface area contributed by atoms with Gasteiger partial charge in [0, 0.05) is 17.0 Å². The molecule has 0 bridgehead atoms. The number of ketones is 1. The molecule has 2 aromatic carbocycles. The fourth-order valence-electron chi connectivity index (χ4n) is 3.66. The number of anilines is 1. The summed E-state index contributed by atoms with van der Waals surface area (Å²) < 4.78 is 33.1. The summed E-state index contributed by atoms with van der Waals surface area (Å²) in [7, 11) is -4.23. The van der Waals surface area contributed by atoms with E-state index in [2.05, 4.69) is 0 Å². The second kappa shape index (κ2) is 9.36. The Bertz CT molecular complexity index is 1620. The van der Waals surface area contributed by atoms with Crippen LogP contribution in [0.3, 0.4) is 0 Å². The maximum atomic E-state index is 13.8. The third-order valence-electron chi connectivity index (χ3n) is 5.08. The minimum atomic E-state index is -4.23. The van der Waals surface area contributed by atoms with Gasteiger partial charge in [-0.15, -0.1) is 0 Å². The Kier molecular flexibility index (Phi) is 6.59. The Morgan fingerprint density at radius 2 is 1.50 bits per heavy atom. The lowest BCUT2D eigenvalue weighted by Gasteiger charge is -2.25. The quantitative estimate of drug-likeness (QED) is 0.341. The van der Waals surface area contributed by atoms with Crippen molar-refractivity contribution >= 4 is 48.5 Å². The standard InChI is InChI=1S/C26H24N2O6S2/c1-26(2,3)34-25(31)28(36(4,32)33)24-21(22(30)17-11-7-5-8-12-17)19-15-16-20(29)27(23(19)35-24)18-13-9-6-10-14-18/h5-16H,1-4H3. The van der Waals surface area contributed by atoms with E-state index in [1.807, 2.05) is 0 Å². The van der Waals surface area contributed by atoms with Crippen LogP contribution in [0.1, 0.15) is 36.7 Å². The Hall–Kier alpha value is -3.76. The highest BCUT2D eigenvalue weighted by Crippen LogP contribution is 2.41. The van der Waals surface area contributed by atoms with E-state index < -0.39 is 27.5 Å². The van der Waals surface area contributed by atoms with E-state index in [1.165, 1.54) is 16.7 Å². The average molecular weight is 525 g/mol. The minimum Gasteiger partial charge on any atom is -0.443 e. The summed E-state index contributed by atoms with van der Waals surface area (Å²) >= 11 is 0.860. The summed E-state index contributed by atoms with van der Waals surface area (Å²) in [6.45, 7) is 4.83. The van der Waals surface area contributed by atoms with Crippen molar-refractivity contribution in [3.8, 4) is 5.69 Å². The number of nitrogens with zero attached hydrogens (tertiary/aromatic N) is 2. The molecule has 0 unspecified atom stereocenters. The molecule has 0 fully saturated rings. The molecular weight excluding hydrogens is 500 g/mol. The molecule has 2 aromatic heterocycles. The number of carbonyl (C=O) groups excluding carboxylic acids is 2. The number of ether oxygens (including phenoxy) is 1. The number of para-hydroxylation sites is 1. The lowest BCUT2D eigenvalue weighted by atomic mass is 10.0. The molecule has 36 heavy (non-hydrogen) atoms. The van der Waals surface area contributed by atoms with Crippen LogP contribution in [0.2, 0.25) is 0 Å². The molecule has 1 amide bonds. The minimum absolute atomic E-state index is 0.0119. The third kappa shape index (κ3) is 4.95. The van der Waals surface area contributed by atoms with Gasteiger partial charge in [0.1, 0.15) is 15.4 Å². The van der Waals surface area contributed by atoms with Crippen molar-refractivity contribution in [2.24, 2.45) is 0 Å². The van der Waals surface area contributed by atoms with E-state index in [1.54, 1.807) is 81.4 Å². The van der Waals surface area contributed by atoms with Gasteiger partial charge in [-0.25, -0.2) is 13.2 Å². The first-order valence-electron chi connectivity index (χ1n) is 11.0. The van der Waals surface area contributed by atoms with Gasteiger partial charge >= 0.3 is 6.09 Å². The molecule has 0 N–H and O–H groups in total. The van der Waals surface area contributed by atoms with E-state index in [0.29, 0.717) is 25.8 Å². The number of pyridine rings is 1. The summed E-state index contributed by atoms with van der Waals surface area (Å²) in [6, 6.07) is 19.9. The van der Waals surface area contributed by atoms with Crippen molar-refractivity contribution in [1.82, 2.24) is 4.57 Å². The molecule has 0 aliphatic heterocycles. The molecule has 186 valence electrons. The van der Waals surface area contributed by atoms with Gasteiger partial charge in [0.2, 0.25) is 10.0 Å². The number of amides is 1. The summed E-state index contributed by atoms with van der Waals surface area (Å²) in [5.41, 5.74) is -0.547. The zero-order valence-electron chi connectivity index (χ0n) is 20.1. The van der Waals surface area contributed by atoms with Crippen LogP contribution >= 0.6 is 11.3 Å². The number of hydrogen-bond acceptors (Lipinski definition) is 7. The monoisotopic (exact) mass is 524 g/mol. The number of sulfonamides is 1. The van der Waals surface area contributed by atoms with Gasteiger partial charge in [-0.2, -0.15) is 4.31 Å². The van der Waals surface area contributed by atoms with Gasteiger partial charge in [-0.05, 0) is 39.0 Å². The molecule has 8 nitrogen and oxygen atoms in total. The van der Waals surface area contributed by atoms with Crippen LogP contribution in [0, 0.1) is 0 Å². The molecular formula is C26H24N2O6S2. The van der Waals surface area contributed by atoms with Gasteiger partial charge in [-0.1, -0.05) is 59.9 Å². The van der Waals surface area contributed by atoms with Crippen LogP contribution in [-0.2, 0) is 14.8 Å². The van der Waals surface area contributed by atoms with Crippen molar-refractivity contribution in [1.29, 1.82) is 0 Å². The number of aromatic nitrogens is 1. The van der Waals surface area contributed by atoms with Crippen LogP contribution < -0.4 is 9.86 Å². The Labute approximate surface area is 212 Å². The lowest BCUT2D eigenvalue weighted by Crippen LogP contribution is -2.40. The highest BCUT2D eigenvalue weighted by Gasteiger charge is 2.36. The van der Waals surface area contributed by atoms with Gasteiger partial charge in [0.15, 0.2) is 5.78 Å². The van der Waals surface area contributed by atoms with E-state index in [0.717, 1.165) is 17.6 Å². The molecule has 4 aromatic rings. The van der Waals surface area contributed by atoms with Gasteiger partial charge in [0.25, 0.3) is 5.56 Å². The maximum Gasteiger partial charge on any atom is 0.429 e. The summed E-state index contributed by atoms with van der Waals surface area (Å²) in [5.74, 6) is -0.493. The average Bonchev–Trinajstić information content (AvgIpc) is 3.15. The molecule has 0 aliphatic rings. The second-order valence-corrected chi connectivity index (χ2v) is 11.9. The fourth-order valence-corrected chi connectivity index (χ4v) is 6.09. The van der Waals surface area contributed by atoms with Crippen LogP contribution in [0.25, 0.3) is 15.9 Å². The number of benzene rings is 2. The molecule has 0 aliphatic carbocycles. The molecule has 0 spiro atoms. The topological polar surface area (TPSA) is 103 Å². The van der Waals surface area contributed by atoms with Crippen LogP contribution in [0.15, 0.2) is 77.6 Å². The SMILES string of the molecule is CC(C)(C)OC(=O)N(c1sc2c(ccc(=O)n2-c2ccccc2)c1C(=O)c1ccccc1)S(C)(=O)=O. The molecule has 4 rings (SSSR count). The largest absolute Gasteiger partial charge is 0.443 e. The number of fused-ring (bicyclic) bond motifs is 1. The number of hydrogen-bond donors (Lipinski definition) is 0. The van der Waals surface area contributed by atoms with Crippen molar-refractivity contribution in [3.05, 3.63) is 94.3 Å². The fraction of sp³-hybridized carbons (Fsp3) is 0.192. The van der Waals surface area contributed by atoms with Crippen LogP contribution in [-0.4, -0.2) is 36.7 Å². The first kappa shape index (κ1) is 25.3. The van der Waals surface area contributed by atoms with Gasteiger partial charge in [0.05, 0.1) is 17.5 Å². The zero-order valence-corrected chi connectivity index (χ0v) is 21.7. The molecule has 0 saturated carbocycles. The predicted molar refractivity (Wildman–Crippen MR) is 141 cm³/mol. The molecule has 2 heterocycles. The number of thiophene rings is 1. The van der Waals surface area contributed by atoms with E-state index in [4.69, 9.17) is 4.74 Å². The highest BCUT2D eigenvalue weighted by atomic mass is 32.2. The maximum absolute atomic E-state index is 13.8. The first-order chi connectivity index (χ1) is 16.9. The molecule has 0 saturated heterocycles. The predicted octanol–water partition coefficient (Wildman–Crippen LogP) is 4.98. The van der Waals surface area contributed by atoms with E-state index >= 15 is 0 Å². The molecule has 0 radical (unpaired) electrons. The normalized spacial score (nSPS) is 11.9. The summed E-state index contributed by atoms with van der Waals surface area (Å²) in [4.78, 5) is 40.2.